The predicted octanol–water partition coefficient (Wildman–Crippen LogP) is 1.53. The Hall–Kier alpha value is -1.30. The summed E-state index contributed by atoms with van der Waals surface area (Å²) in [5.41, 5.74) is -1.87. The average Bonchev–Trinajstić information content (AvgIpc) is 2.81. The summed E-state index contributed by atoms with van der Waals surface area (Å²) in [6.45, 7) is 3.63. The van der Waals surface area contributed by atoms with Gasteiger partial charge in [0.1, 0.15) is 17.9 Å². The van der Waals surface area contributed by atoms with Crippen LogP contribution in [0.4, 0.5) is 19.1 Å². The molecule has 0 spiro atoms. The number of nitrogens with zero attached hydrogens (tertiary/aromatic N) is 2. The molecule has 2 aliphatic rings. The Kier molecular flexibility index (Phi) is 4.77. The molecule has 5 atom stereocenters. The Morgan fingerprint density at radius 1 is 1.36 bits per heavy atom. The van der Waals surface area contributed by atoms with E-state index in [1.165, 1.54) is 6.26 Å². The van der Waals surface area contributed by atoms with E-state index in [0.717, 1.165) is 12.3 Å². The van der Waals surface area contributed by atoms with Crippen molar-refractivity contribution in [2.24, 2.45) is 0 Å². The third-order valence-electron chi connectivity index (χ3n) is 3.86. The molecule has 1 unspecified atom stereocenters. The van der Waals surface area contributed by atoms with Gasteiger partial charge in [-0.05, 0) is 19.9 Å². The van der Waals surface area contributed by atoms with Crippen molar-refractivity contribution in [3.8, 4) is 0 Å². The third kappa shape index (κ3) is 3.94. The number of alkyl halides is 3. The summed E-state index contributed by atoms with van der Waals surface area (Å²) in [7, 11) is -1.41. The first-order valence-corrected chi connectivity index (χ1v) is 9.15. The highest BCUT2D eigenvalue weighted by molar-refractivity contribution is 7.84. The molecule has 2 saturated heterocycles. The Labute approximate surface area is 144 Å². The van der Waals surface area contributed by atoms with E-state index in [1.54, 1.807) is 13.8 Å². The van der Waals surface area contributed by atoms with Crippen molar-refractivity contribution in [3.05, 3.63) is 18.0 Å². The third-order valence-corrected chi connectivity index (χ3v) is 4.95. The van der Waals surface area contributed by atoms with Crippen LogP contribution in [0.25, 0.3) is 0 Å². The molecular formula is C14H18F3N3O4S. The largest absolute Gasteiger partial charge is 0.433 e. The molecule has 1 aromatic heterocycles. The molecule has 1 N–H and O–H groups in total. The zero-order chi connectivity index (χ0) is 18.4. The van der Waals surface area contributed by atoms with Crippen molar-refractivity contribution in [1.82, 2.24) is 9.97 Å². The minimum atomic E-state index is -4.59. The van der Waals surface area contributed by atoms with Gasteiger partial charge in [-0.25, -0.2) is 9.97 Å². The zero-order valence-corrected chi connectivity index (χ0v) is 14.6. The van der Waals surface area contributed by atoms with Gasteiger partial charge in [-0.3, -0.25) is 4.21 Å². The van der Waals surface area contributed by atoms with Crippen LogP contribution < -0.4 is 5.32 Å². The number of ether oxygens (including phenoxy) is 3. The zero-order valence-electron chi connectivity index (χ0n) is 13.7. The molecule has 11 heteroatoms. The second-order valence-electron chi connectivity index (χ2n) is 6.27. The Balaban J connectivity index is 1.88. The van der Waals surface area contributed by atoms with Gasteiger partial charge < -0.3 is 19.5 Å². The van der Waals surface area contributed by atoms with Crippen LogP contribution in [0.5, 0.6) is 0 Å². The van der Waals surface area contributed by atoms with Gasteiger partial charge in [0.2, 0.25) is 5.95 Å². The van der Waals surface area contributed by atoms with Crippen LogP contribution in [0, 0.1) is 0 Å². The van der Waals surface area contributed by atoms with Crippen molar-refractivity contribution in [1.29, 1.82) is 0 Å². The monoisotopic (exact) mass is 381 g/mol. The van der Waals surface area contributed by atoms with Gasteiger partial charge in [-0.1, -0.05) is 0 Å². The maximum Gasteiger partial charge on any atom is 0.433 e. The Morgan fingerprint density at radius 2 is 2.08 bits per heavy atom. The summed E-state index contributed by atoms with van der Waals surface area (Å²) < 4.78 is 67.6. The highest BCUT2D eigenvalue weighted by atomic mass is 32.2. The van der Waals surface area contributed by atoms with Crippen LogP contribution >= 0.6 is 0 Å². The highest BCUT2D eigenvalue weighted by Crippen LogP contribution is 2.36. The summed E-state index contributed by atoms with van der Waals surface area (Å²) in [6, 6.07) is 0.0499. The lowest BCUT2D eigenvalue weighted by atomic mass is 10.0. The number of aromatic nitrogens is 2. The summed E-state index contributed by atoms with van der Waals surface area (Å²) in [5.74, 6) is -1.12. The maximum atomic E-state index is 12.8. The Bertz CT molecular complexity index is 673. The molecule has 0 radical (unpaired) electrons. The van der Waals surface area contributed by atoms with Crippen LogP contribution in [-0.2, 0) is 31.2 Å². The van der Waals surface area contributed by atoms with E-state index in [2.05, 4.69) is 15.3 Å². The number of rotatable bonds is 3. The molecular weight excluding hydrogens is 363 g/mol. The number of nitrogens with one attached hydrogen (secondary N) is 1. The predicted molar refractivity (Wildman–Crippen MR) is 82.1 cm³/mol. The van der Waals surface area contributed by atoms with E-state index >= 15 is 0 Å². The molecule has 25 heavy (non-hydrogen) atoms. The molecule has 0 bridgehead atoms. The summed E-state index contributed by atoms with van der Waals surface area (Å²) in [6.07, 6.45) is -3.12. The smallest absolute Gasteiger partial charge is 0.360 e. The molecule has 3 rings (SSSR count). The fourth-order valence-electron chi connectivity index (χ4n) is 2.93. The van der Waals surface area contributed by atoms with E-state index < -0.39 is 52.1 Å². The van der Waals surface area contributed by atoms with Gasteiger partial charge in [0.25, 0.3) is 0 Å². The number of anilines is 1. The van der Waals surface area contributed by atoms with Crippen LogP contribution in [0.15, 0.2) is 12.3 Å². The first-order valence-electron chi connectivity index (χ1n) is 7.53. The SMILES string of the molecule is CS(=O)[C@H]1OC[C@@H]2OC(C)(C)O[C@@H]2[C@H]1Nc1nccc(C(F)(F)F)n1. The second-order valence-corrected chi connectivity index (χ2v) is 7.73. The number of fused-ring (bicyclic) bond motifs is 1. The van der Waals surface area contributed by atoms with E-state index in [9.17, 15) is 17.4 Å². The average molecular weight is 381 g/mol. The minimum Gasteiger partial charge on any atom is -0.360 e. The van der Waals surface area contributed by atoms with Gasteiger partial charge in [0.05, 0.1) is 12.6 Å². The van der Waals surface area contributed by atoms with E-state index in [1.807, 2.05) is 0 Å². The molecule has 140 valence electrons. The van der Waals surface area contributed by atoms with Crippen LogP contribution in [-0.4, -0.2) is 56.5 Å². The summed E-state index contributed by atoms with van der Waals surface area (Å²) >= 11 is 0. The molecule has 2 aliphatic heterocycles. The quantitative estimate of drug-likeness (QED) is 0.850. The highest BCUT2D eigenvalue weighted by Gasteiger charge is 2.52. The summed E-state index contributed by atoms with van der Waals surface area (Å²) in [4.78, 5) is 7.30. The van der Waals surface area contributed by atoms with Crippen LogP contribution in [0.3, 0.4) is 0 Å². The lowest BCUT2D eigenvalue weighted by Crippen LogP contribution is -2.56. The first kappa shape index (κ1) is 18.5. The summed E-state index contributed by atoms with van der Waals surface area (Å²) in [5, 5.41) is 2.79. The van der Waals surface area contributed by atoms with Crippen molar-refractivity contribution < 1.29 is 31.6 Å². The Morgan fingerprint density at radius 3 is 2.72 bits per heavy atom. The lowest BCUT2D eigenvalue weighted by Gasteiger charge is -2.37. The fraction of sp³-hybridized carbons (Fsp3) is 0.714. The van der Waals surface area contributed by atoms with Gasteiger partial charge in [0.15, 0.2) is 11.2 Å². The lowest BCUT2D eigenvalue weighted by molar-refractivity contribution is -0.146. The maximum absolute atomic E-state index is 12.8. The minimum absolute atomic E-state index is 0.181. The fourth-order valence-corrected chi connectivity index (χ4v) is 3.84. The molecule has 0 amide bonds. The van der Waals surface area contributed by atoms with Gasteiger partial charge in [-0.15, -0.1) is 0 Å². The van der Waals surface area contributed by atoms with E-state index in [4.69, 9.17) is 14.2 Å². The van der Waals surface area contributed by atoms with E-state index in [-0.39, 0.29) is 12.6 Å². The van der Waals surface area contributed by atoms with Crippen LogP contribution in [0.2, 0.25) is 0 Å². The molecule has 7 nitrogen and oxygen atoms in total. The topological polar surface area (TPSA) is 82.6 Å². The van der Waals surface area contributed by atoms with Gasteiger partial charge in [-0.2, -0.15) is 13.2 Å². The molecule has 0 aliphatic carbocycles. The van der Waals surface area contributed by atoms with Crippen molar-refractivity contribution in [2.75, 3.05) is 18.2 Å². The van der Waals surface area contributed by atoms with Crippen molar-refractivity contribution >= 4 is 16.7 Å². The number of hydrogen-bond donors (Lipinski definition) is 1. The van der Waals surface area contributed by atoms with Gasteiger partial charge in [0, 0.05) is 23.3 Å². The van der Waals surface area contributed by atoms with Crippen molar-refractivity contribution in [3.63, 3.8) is 0 Å². The molecule has 1 aromatic rings. The second kappa shape index (κ2) is 6.45. The molecule has 2 fully saturated rings. The first-order chi connectivity index (χ1) is 11.6. The molecule has 0 saturated carbocycles. The van der Waals surface area contributed by atoms with E-state index in [0.29, 0.717) is 0 Å². The molecule has 0 aromatic carbocycles. The van der Waals surface area contributed by atoms with Gasteiger partial charge >= 0.3 is 6.18 Å². The number of halogens is 3. The number of hydrogen-bond acceptors (Lipinski definition) is 7. The normalized spacial score (nSPS) is 32.9. The standard InChI is InChI=1S/C14H18F3N3O4S/c1-13(2)23-7-6-22-11(25(3)21)9(10(7)24-13)20-12-18-5-4-8(19-12)14(15,16)17/h4-5,7,9-11H,6H2,1-3H3,(H,18,19,20)/t7-,9+,10-,11+,25?/m0/s1. The molecule has 3 heterocycles. The van der Waals surface area contributed by atoms with Crippen LogP contribution in [0.1, 0.15) is 19.5 Å². The van der Waals surface area contributed by atoms with Crippen molar-refractivity contribution in [2.45, 2.75) is 49.5 Å².